The smallest absolute Gasteiger partial charge is 0.276 e. The third-order valence-electron chi connectivity index (χ3n) is 3.79. The van der Waals surface area contributed by atoms with Crippen LogP contribution < -0.4 is 16.0 Å². The molecule has 4 N–H and O–H groups in total. The Morgan fingerprint density at radius 3 is 3.00 bits per heavy atom. The Kier molecular flexibility index (Phi) is 5.11. The minimum atomic E-state index is -0.245. The summed E-state index contributed by atoms with van der Waals surface area (Å²) < 4.78 is 20.3. The van der Waals surface area contributed by atoms with Crippen LogP contribution in [-0.4, -0.2) is 27.7 Å². The van der Waals surface area contributed by atoms with Gasteiger partial charge in [-0.15, -0.1) is 0 Å². The van der Waals surface area contributed by atoms with Gasteiger partial charge >= 0.3 is 0 Å². The molecule has 1 aromatic carbocycles. The Morgan fingerprint density at radius 1 is 1.40 bits per heavy atom. The zero-order chi connectivity index (χ0) is 17.8. The van der Waals surface area contributed by atoms with E-state index >= 15 is 0 Å². The monoisotopic (exact) mass is 360 g/mol. The second-order valence-electron chi connectivity index (χ2n) is 5.49. The number of ether oxygens (including phenoxy) is 1. The molecule has 0 aliphatic heterocycles. The zero-order valence-corrected chi connectivity index (χ0v) is 14.1. The van der Waals surface area contributed by atoms with Crippen molar-refractivity contribution < 1.29 is 9.13 Å². The topological polar surface area (TPSA) is 88.8 Å². The van der Waals surface area contributed by atoms with Crippen molar-refractivity contribution in [3.05, 3.63) is 69.1 Å². The fourth-order valence-electron chi connectivity index (χ4n) is 2.49. The molecule has 8 heteroatoms. The second-order valence-corrected chi connectivity index (χ2v) is 5.88. The molecule has 0 aliphatic carbocycles. The Labute approximate surface area is 147 Å². The van der Waals surface area contributed by atoms with Crippen molar-refractivity contribution in [1.29, 1.82) is 0 Å². The fourth-order valence-corrected chi connectivity index (χ4v) is 2.74. The number of aromatic nitrogens is 3. The van der Waals surface area contributed by atoms with Crippen LogP contribution in [0, 0.1) is 4.77 Å². The molecule has 130 valence electrons. The highest BCUT2D eigenvalue weighted by Gasteiger charge is 2.07. The zero-order valence-electron chi connectivity index (χ0n) is 13.3. The maximum atomic E-state index is 12.6. The van der Waals surface area contributed by atoms with E-state index in [0.29, 0.717) is 34.5 Å². The maximum Gasteiger partial charge on any atom is 0.276 e. The normalized spacial score (nSPS) is 11.8. The summed E-state index contributed by atoms with van der Waals surface area (Å²) in [6, 6.07) is 9.20. The van der Waals surface area contributed by atoms with Gasteiger partial charge in [-0.25, -0.2) is 4.39 Å². The van der Waals surface area contributed by atoms with Crippen LogP contribution in [0.5, 0.6) is 5.75 Å². The molecule has 0 aliphatic rings. The minimum absolute atomic E-state index is 0.0938. The highest BCUT2D eigenvalue weighted by molar-refractivity contribution is 7.71. The predicted molar refractivity (Wildman–Crippen MR) is 97.0 cm³/mol. The summed E-state index contributed by atoms with van der Waals surface area (Å²) in [5.74, 6) is 0.603. The largest absolute Gasteiger partial charge is 0.489 e. The van der Waals surface area contributed by atoms with Gasteiger partial charge in [0.1, 0.15) is 17.9 Å². The van der Waals surface area contributed by atoms with Crippen LogP contribution in [0.2, 0.25) is 0 Å². The summed E-state index contributed by atoms with van der Waals surface area (Å²) in [5, 5.41) is 0. The highest BCUT2D eigenvalue weighted by Crippen LogP contribution is 2.17. The van der Waals surface area contributed by atoms with Gasteiger partial charge in [-0.1, -0.05) is 12.1 Å². The van der Waals surface area contributed by atoms with Gasteiger partial charge in [-0.3, -0.25) is 9.78 Å². The van der Waals surface area contributed by atoms with Crippen molar-refractivity contribution in [1.82, 2.24) is 14.5 Å². The third kappa shape index (κ3) is 3.70. The first-order chi connectivity index (χ1) is 12.1. The van der Waals surface area contributed by atoms with Gasteiger partial charge in [0.05, 0.1) is 18.4 Å². The molecule has 0 radical (unpaired) electrons. The van der Waals surface area contributed by atoms with Crippen molar-refractivity contribution in [2.45, 2.75) is 6.54 Å². The van der Waals surface area contributed by atoms with Crippen LogP contribution in [0.3, 0.4) is 0 Å². The molecule has 0 unspecified atom stereocenters. The van der Waals surface area contributed by atoms with E-state index in [4.69, 9.17) is 22.7 Å². The number of halogens is 1. The highest BCUT2D eigenvalue weighted by atomic mass is 32.1. The molecule has 25 heavy (non-hydrogen) atoms. The average molecular weight is 360 g/mol. The quantitative estimate of drug-likeness (QED) is 0.590. The van der Waals surface area contributed by atoms with Crippen molar-refractivity contribution >= 4 is 23.3 Å². The van der Waals surface area contributed by atoms with Gasteiger partial charge in [-0.2, -0.15) is 0 Å². The molecule has 2 heterocycles. The molecule has 0 amide bonds. The average Bonchev–Trinajstić information content (AvgIpc) is 3.10. The Balaban J connectivity index is 1.87. The summed E-state index contributed by atoms with van der Waals surface area (Å²) >= 11 is 5.28. The number of nitrogens with one attached hydrogen (secondary N) is 2. The third-order valence-corrected chi connectivity index (χ3v) is 4.11. The summed E-state index contributed by atoms with van der Waals surface area (Å²) in [7, 11) is 0. The summed E-state index contributed by atoms with van der Waals surface area (Å²) in [4.78, 5) is 17.5. The number of nitrogens with two attached hydrogens (primary N) is 1. The molecule has 6 nitrogen and oxygen atoms in total. The van der Waals surface area contributed by atoms with Gasteiger partial charge < -0.3 is 20.0 Å². The Bertz CT molecular complexity index is 1030. The summed E-state index contributed by atoms with van der Waals surface area (Å²) in [6.45, 7) is 0.661. The molecule has 0 saturated heterocycles. The molecule has 3 aromatic rings. The van der Waals surface area contributed by atoms with Crippen LogP contribution in [0.15, 0.2) is 53.2 Å². The first kappa shape index (κ1) is 17.1. The molecule has 3 rings (SSSR count). The number of rotatable bonds is 6. The standard InChI is InChI=1S/C17H17FN4O2S/c18-7-12(8-19)10-24-13-3-1-2-11(6-13)9-22-14-4-5-20-15(14)16(23)21-17(22)25/h1-7,20H,8-10,19H2,(H,21,23,25)/b12-7+. The van der Waals surface area contributed by atoms with Crippen LogP contribution in [-0.2, 0) is 6.54 Å². The van der Waals surface area contributed by atoms with E-state index in [1.165, 1.54) is 0 Å². The van der Waals surface area contributed by atoms with E-state index in [1.807, 2.05) is 22.8 Å². The molecule has 0 saturated carbocycles. The lowest BCUT2D eigenvalue weighted by molar-refractivity contribution is 0.347. The molecule has 0 spiro atoms. The van der Waals surface area contributed by atoms with Gasteiger partial charge in [0.15, 0.2) is 4.77 Å². The summed E-state index contributed by atoms with van der Waals surface area (Å²) in [6.07, 6.45) is 2.16. The number of nitrogens with zero attached hydrogens (tertiary/aromatic N) is 1. The lowest BCUT2D eigenvalue weighted by Gasteiger charge is -2.11. The van der Waals surface area contributed by atoms with E-state index in [2.05, 4.69) is 9.97 Å². The molecular weight excluding hydrogens is 343 g/mol. The van der Waals surface area contributed by atoms with E-state index in [1.54, 1.807) is 18.3 Å². The van der Waals surface area contributed by atoms with Crippen molar-refractivity contribution in [3.8, 4) is 5.75 Å². The van der Waals surface area contributed by atoms with Gasteiger partial charge in [0.25, 0.3) is 5.56 Å². The van der Waals surface area contributed by atoms with E-state index in [0.717, 1.165) is 11.1 Å². The van der Waals surface area contributed by atoms with Gasteiger partial charge in [0, 0.05) is 18.3 Å². The van der Waals surface area contributed by atoms with Crippen molar-refractivity contribution in [2.75, 3.05) is 13.2 Å². The van der Waals surface area contributed by atoms with Gasteiger partial charge in [0.2, 0.25) is 0 Å². The first-order valence-corrected chi connectivity index (χ1v) is 8.03. The van der Waals surface area contributed by atoms with Crippen LogP contribution in [0.4, 0.5) is 4.39 Å². The Hall–Kier alpha value is -2.71. The Morgan fingerprint density at radius 2 is 2.24 bits per heavy atom. The second kappa shape index (κ2) is 7.45. The lowest BCUT2D eigenvalue weighted by atomic mass is 10.2. The number of hydrogen-bond acceptors (Lipinski definition) is 4. The van der Waals surface area contributed by atoms with Crippen LogP contribution in [0.25, 0.3) is 11.0 Å². The van der Waals surface area contributed by atoms with E-state index in [-0.39, 0.29) is 18.7 Å². The maximum absolute atomic E-state index is 12.6. The molecule has 0 atom stereocenters. The SMILES string of the molecule is NC/C(=C\F)COc1cccc(Cn2c(=S)[nH]c(=O)c3[nH]ccc32)c1. The number of H-pyrrole nitrogens is 2. The number of aromatic amines is 2. The number of hydrogen-bond donors (Lipinski definition) is 3. The van der Waals surface area contributed by atoms with Crippen LogP contribution in [0.1, 0.15) is 5.56 Å². The molecule has 2 aromatic heterocycles. The van der Waals surface area contributed by atoms with Crippen molar-refractivity contribution in [2.24, 2.45) is 5.73 Å². The van der Waals surface area contributed by atoms with Crippen LogP contribution >= 0.6 is 12.2 Å². The fraction of sp³-hybridized carbons (Fsp3) is 0.176. The first-order valence-electron chi connectivity index (χ1n) is 7.62. The number of benzene rings is 1. The van der Waals surface area contributed by atoms with E-state index < -0.39 is 0 Å². The lowest BCUT2D eigenvalue weighted by Crippen LogP contribution is -2.14. The molecule has 0 bridgehead atoms. The molecular formula is C17H17FN4O2S. The molecule has 0 fully saturated rings. The predicted octanol–water partition coefficient (Wildman–Crippen LogP) is 2.63. The summed E-state index contributed by atoms with van der Waals surface area (Å²) in [5.41, 5.74) is 7.68. The minimum Gasteiger partial charge on any atom is -0.489 e. The number of fused-ring (bicyclic) bond motifs is 1. The van der Waals surface area contributed by atoms with E-state index in [9.17, 15) is 9.18 Å². The van der Waals surface area contributed by atoms with Gasteiger partial charge in [-0.05, 0) is 36.0 Å². The van der Waals surface area contributed by atoms with Crippen molar-refractivity contribution in [3.63, 3.8) is 0 Å².